The van der Waals surface area contributed by atoms with Crippen LogP contribution in [0.2, 0.25) is 0 Å². The summed E-state index contributed by atoms with van der Waals surface area (Å²) in [4.78, 5) is 19.7. The topological polar surface area (TPSA) is 122 Å². The minimum atomic E-state index is -0.481. The summed E-state index contributed by atoms with van der Waals surface area (Å²) in [7, 11) is 1.64. The van der Waals surface area contributed by atoms with Crippen molar-refractivity contribution >= 4 is 28.4 Å². The minimum absolute atomic E-state index is 0.0161. The molecule has 9 heteroatoms. The Labute approximate surface area is 171 Å². The summed E-state index contributed by atoms with van der Waals surface area (Å²) in [5.74, 6) is 1.68. The van der Waals surface area contributed by atoms with Gasteiger partial charge in [-0.05, 0) is 30.4 Å². The van der Waals surface area contributed by atoms with E-state index in [0.717, 1.165) is 24.3 Å². The highest BCUT2D eigenvalue weighted by Gasteiger charge is 2.16. The smallest absolute Gasteiger partial charge is 0.271 e. The van der Waals surface area contributed by atoms with Gasteiger partial charge in [0.2, 0.25) is 0 Å². The van der Waals surface area contributed by atoms with Crippen molar-refractivity contribution < 1.29 is 14.8 Å². The first-order valence-corrected chi connectivity index (χ1v) is 9.08. The first-order valence-electron chi connectivity index (χ1n) is 9.08. The highest BCUT2D eigenvalue weighted by Crippen LogP contribution is 2.28. The number of hydrogen-bond acceptors (Lipinski definition) is 8. The standard InChI is InChI=1S/C21H17N5O4/c1-30-17-8-5-13(6-9-17)22-20-21(23-14-3-2-4-16(27)11-14)25-19-12-15(26(28)29)7-10-18(19)24-20/h4-5,7-8,10-12,27H,6,9H2,1H3,(H,22,24)(H,23,25). The lowest BCUT2D eigenvalue weighted by atomic mass is 10.1. The number of allylic oxidation sites excluding steroid dienone is 6. The van der Waals surface area contributed by atoms with E-state index in [1.807, 2.05) is 12.2 Å². The zero-order chi connectivity index (χ0) is 21.1. The molecule has 4 rings (SSSR count). The Balaban J connectivity index is 1.76. The van der Waals surface area contributed by atoms with Gasteiger partial charge in [0.25, 0.3) is 5.69 Å². The molecular weight excluding hydrogens is 386 g/mol. The van der Waals surface area contributed by atoms with Gasteiger partial charge in [-0.1, -0.05) is 5.73 Å². The molecule has 0 spiro atoms. The number of nitrogens with zero attached hydrogens (tertiary/aromatic N) is 3. The quantitative estimate of drug-likeness (QED) is 0.372. The van der Waals surface area contributed by atoms with Crippen molar-refractivity contribution in [2.45, 2.75) is 12.8 Å². The third kappa shape index (κ3) is 4.07. The van der Waals surface area contributed by atoms with Crippen molar-refractivity contribution in [3.05, 3.63) is 87.0 Å². The number of fused-ring (bicyclic) bond motifs is 1. The predicted octanol–water partition coefficient (Wildman–Crippen LogP) is 4.22. The molecule has 0 atom stereocenters. The number of hydrogen-bond donors (Lipinski definition) is 3. The van der Waals surface area contributed by atoms with Crippen LogP contribution in [0.1, 0.15) is 12.8 Å². The SMILES string of the molecule is COC1=CC=C(Nc2nc3ccc([N+](=O)[O-])cc3nc2NC2=C=C=CC(O)=C2)CC1. The average molecular weight is 403 g/mol. The van der Waals surface area contributed by atoms with Crippen LogP contribution in [0, 0.1) is 10.1 Å². The van der Waals surface area contributed by atoms with E-state index in [1.54, 1.807) is 13.2 Å². The van der Waals surface area contributed by atoms with E-state index in [-0.39, 0.29) is 11.4 Å². The molecule has 9 nitrogen and oxygen atoms in total. The van der Waals surface area contributed by atoms with Crippen molar-refractivity contribution in [3.63, 3.8) is 0 Å². The van der Waals surface area contributed by atoms with Crippen LogP contribution in [-0.2, 0) is 4.74 Å². The largest absolute Gasteiger partial charge is 0.507 e. The summed E-state index contributed by atoms with van der Waals surface area (Å²) in [5, 5.41) is 27.1. The second-order valence-corrected chi connectivity index (χ2v) is 6.53. The maximum Gasteiger partial charge on any atom is 0.271 e. The van der Waals surface area contributed by atoms with Crippen LogP contribution in [0.3, 0.4) is 0 Å². The Hall–Kier alpha value is -4.32. The monoisotopic (exact) mass is 403 g/mol. The number of non-ortho nitro benzene ring substituents is 1. The Bertz CT molecular complexity index is 1250. The first kappa shape index (κ1) is 19.0. The molecule has 1 aromatic heterocycles. The Morgan fingerprint density at radius 1 is 1.17 bits per heavy atom. The minimum Gasteiger partial charge on any atom is -0.507 e. The van der Waals surface area contributed by atoms with Gasteiger partial charge in [0, 0.05) is 36.4 Å². The van der Waals surface area contributed by atoms with Gasteiger partial charge < -0.3 is 20.5 Å². The van der Waals surface area contributed by atoms with Gasteiger partial charge in [0.15, 0.2) is 11.6 Å². The molecule has 2 aliphatic carbocycles. The first-order chi connectivity index (χ1) is 14.5. The molecule has 30 heavy (non-hydrogen) atoms. The number of aliphatic hydroxyl groups excluding tert-OH is 1. The van der Waals surface area contributed by atoms with Gasteiger partial charge in [-0.25, -0.2) is 9.97 Å². The van der Waals surface area contributed by atoms with Gasteiger partial charge in [-0.3, -0.25) is 10.1 Å². The third-order valence-electron chi connectivity index (χ3n) is 4.48. The van der Waals surface area contributed by atoms with Crippen LogP contribution in [0.15, 0.2) is 76.9 Å². The maximum absolute atomic E-state index is 11.1. The molecule has 0 amide bonds. The molecule has 2 aliphatic rings. The molecule has 2 aromatic rings. The summed E-state index contributed by atoms with van der Waals surface area (Å²) in [5.41, 5.74) is 7.67. The fraction of sp³-hybridized carbons (Fsp3) is 0.143. The lowest BCUT2D eigenvalue weighted by molar-refractivity contribution is -0.384. The second-order valence-electron chi connectivity index (χ2n) is 6.53. The van der Waals surface area contributed by atoms with Gasteiger partial charge in [-0.15, -0.1) is 0 Å². The fourth-order valence-electron chi connectivity index (χ4n) is 2.98. The van der Waals surface area contributed by atoms with E-state index in [4.69, 9.17) is 4.74 Å². The van der Waals surface area contributed by atoms with Crippen molar-refractivity contribution in [2.24, 2.45) is 0 Å². The van der Waals surface area contributed by atoms with E-state index in [0.29, 0.717) is 28.4 Å². The molecule has 0 radical (unpaired) electrons. The van der Waals surface area contributed by atoms with Crippen LogP contribution >= 0.6 is 0 Å². The van der Waals surface area contributed by atoms with Gasteiger partial charge >= 0.3 is 0 Å². The Morgan fingerprint density at radius 3 is 2.67 bits per heavy atom. The van der Waals surface area contributed by atoms with E-state index >= 15 is 0 Å². The average Bonchev–Trinajstić information content (AvgIpc) is 2.74. The summed E-state index contributed by atoms with van der Waals surface area (Å²) in [6.07, 6.45) is 8.11. The van der Waals surface area contributed by atoms with Crippen molar-refractivity contribution in [1.29, 1.82) is 0 Å². The van der Waals surface area contributed by atoms with E-state index < -0.39 is 4.92 Å². The van der Waals surface area contributed by atoms with E-state index in [2.05, 4.69) is 32.1 Å². The van der Waals surface area contributed by atoms with E-state index in [1.165, 1.54) is 24.3 Å². The molecule has 0 bridgehead atoms. The molecule has 1 heterocycles. The van der Waals surface area contributed by atoms with Crippen molar-refractivity contribution in [3.8, 4) is 0 Å². The van der Waals surface area contributed by atoms with E-state index in [9.17, 15) is 15.2 Å². The van der Waals surface area contributed by atoms with Crippen LogP contribution in [-0.4, -0.2) is 27.1 Å². The summed E-state index contributed by atoms with van der Waals surface area (Å²) in [6, 6.07) is 4.31. The predicted molar refractivity (Wildman–Crippen MR) is 112 cm³/mol. The molecule has 0 fully saturated rings. The number of methoxy groups -OCH3 is 1. The summed E-state index contributed by atoms with van der Waals surface area (Å²) in [6.45, 7) is 0. The normalized spacial score (nSPS) is 15.1. The number of rotatable bonds is 6. The molecule has 150 valence electrons. The number of benzene rings is 1. The van der Waals surface area contributed by atoms with Crippen molar-refractivity contribution in [2.75, 3.05) is 17.7 Å². The number of ether oxygens (including phenoxy) is 1. The second kappa shape index (κ2) is 7.97. The third-order valence-corrected chi connectivity index (χ3v) is 4.48. The number of aromatic nitrogens is 2. The molecular formula is C21H17N5O4. The molecule has 0 unspecified atom stereocenters. The lowest BCUT2D eigenvalue weighted by Gasteiger charge is -2.18. The number of nitro groups is 1. The highest BCUT2D eigenvalue weighted by atomic mass is 16.6. The van der Waals surface area contributed by atoms with Crippen LogP contribution in [0.5, 0.6) is 0 Å². The van der Waals surface area contributed by atoms with Gasteiger partial charge in [0.1, 0.15) is 5.76 Å². The van der Waals surface area contributed by atoms with Crippen LogP contribution in [0.4, 0.5) is 17.3 Å². The number of aliphatic hydroxyl groups is 1. The van der Waals surface area contributed by atoms with Gasteiger partial charge in [0.05, 0.1) is 34.5 Å². The number of anilines is 2. The lowest BCUT2D eigenvalue weighted by Crippen LogP contribution is -2.10. The fourth-order valence-corrected chi connectivity index (χ4v) is 2.98. The van der Waals surface area contributed by atoms with Crippen LogP contribution < -0.4 is 10.6 Å². The maximum atomic E-state index is 11.1. The molecule has 1 aromatic carbocycles. The van der Waals surface area contributed by atoms with Crippen LogP contribution in [0.25, 0.3) is 11.0 Å². The molecule has 3 N–H and O–H groups in total. The number of nitro benzene ring substituents is 1. The Kier molecular flexibility index (Phi) is 5.05. The summed E-state index contributed by atoms with van der Waals surface area (Å²) < 4.78 is 5.25. The summed E-state index contributed by atoms with van der Waals surface area (Å²) >= 11 is 0. The molecule has 0 saturated heterocycles. The molecule has 0 saturated carbocycles. The number of nitrogens with one attached hydrogen (secondary N) is 2. The zero-order valence-corrected chi connectivity index (χ0v) is 16.0. The highest BCUT2D eigenvalue weighted by molar-refractivity contribution is 5.83. The Morgan fingerprint density at radius 2 is 1.97 bits per heavy atom. The molecule has 0 aliphatic heterocycles. The zero-order valence-electron chi connectivity index (χ0n) is 16.0. The van der Waals surface area contributed by atoms with Crippen molar-refractivity contribution in [1.82, 2.24) is 9.97 Å². The van der Waals surface area contributed by atoms with Gasteiger partial charge in [-0.2, -0.15) is 0 Å².